The molecule has 0 aliphatic heterocycles. The molecule has 0 saturated carbocycles. The lowest BCUT2D eigenvalue weighted by Gasteiger charge is -2.14. The van der Waals surface area contributed by atoms with Gasteiger partial charge in [0.25, 0.3) is 0 Å². The molecule has 0 radical (unpaired) electrons. The monoisotopic (exact) mass is 362 g/mol. The van der Waals surface area contributed by atoms with E-state index >= 15 is 0 Å². The SMILES string of the molecule is CN=C(NCc1cccc(Cl)c1)NCc1ccc(F)c(CN(C)C)c1. The predicted octanol–water partition coefficient (Wildman–Crippen LogP) is 3.41. The second kappa shape index (κ2) is 9.39. The minimum absolute atomic E-state index is 0.180. The number of halogens is 2. The normalized spacial score (nSPS) is 11.7. The van der Waals surface area contributed by atoms with Crippen molar-refractivity contribution in [2.45, 2.75) is 19.6 Å². The molecule has 0 bridgehead atoms. The summed E-state index contributed by atoms with van der Waals surface area (Å²) in [6.07, 6.45) is 0. The smallest absolute Gasteiger partial charge is 0.191 e. The van der Waals surface area contributed by atoms with Crippen LogP contribution in [0.15, 0.2) is 47.5 Å². The van der Waals surface area contributed by atoms with Crippen molar-refractivity contribution in [3.8, 4) is 0 Å². The van der Waals surface area contributed by atoms with Crippen LogP contribution in [0, 0.1) is 5.82 Å². The summed E-state index contributed by atoms with van der Waals surface area (Å²) < 4.78 is 13.8. The van der Waals surface area contributed by atoms with Crippen molar-refractivity contribution in [3.05, 3.63) is 70.0 Å². The van der Waals surface area contributed by atoms with Crippen molar-refractivity contribution in [2.75, 3.05) is 21.1 Å². The van der Waals surface area contributed by atoms with Crippen LogP contribution in [0.3, 0.4) is 0 Å². The number of hydrogen-bond acceptors (Lipinski definition) is 2. The Balaban J connectivity index is 1.92. The summed E-state index contributed by atoms with van der Waals surface area (Å²) in [6, 6.07) is 12.9. The summed E-state index contributed by atoms with van der Waals surface area (Å²) in [4.78, 5) is 6.15. The number of aliphatic imine (C=N–C) groups is 1. The van der Waals surface area contributed by atoms with Crippen LogP contribution in [0.2, 0.25) is 5.02 Å². The van der Waals surface area contributed by atoms with E-state index in [4.69, 9.17) is 11.6 Å². The Hall–Kier alpha value is -2.11. The number of benzene rings is 2. The second-order valence-corrected chi connectivity index (χ2v) is 6.51. The summed E-state index contributed by atoms with van der Waals surface area (Å²) in [7, 11) is 5.56. The fraction of sp³-hybridized carbons (Fsp3) is 0.316. The molecule has 0 aromatic heterocycles. The zero-order valence-corrected chi connectivity index (χ0v) is 15.6. The lowest BCUT2D eigenvalue weighted by Crippen LogP contribution is -2.36. The van der Waals surface area contributed by atoms with Crippen LogP contribution in [-0.4, -0.2) is 32.0 Å². The van der Waals surface area contributed by atoms with E-state index in [0.717, 1.165) is 11.1 Å². The molecule has 0 aliphatic rings. The Bertz CT molecular complexity index is 731. The molecule has 0 unspecified atom stereocenters. The van der Waals surface area contributed by atoms with Gasteiger partial charge in [0, 0.05) is 37.3 Å². The minimum atomic E-state index is -0.180. The van der Waals surface area contributed by atoms with Crippen LogP contribution in [0.4, 0.5) is 4.39 Å². The first-order valence-corrected chi connectivity index (χ1v) is 8.46. The number of hydrogen-bond donors (Lipinski definition) is 2. The van der Waals surface area contributed by atoms with E-state index in [2.05, 4.69) is 15.6 Å². The van der Waals surface area contributed by atoms with Crippen molar-refractivity contribution in [1.29, 1.82) is 0 Å². The highest BCUT2D eigenvalue weighted by Crippen LogP contribution is 2.12. The van der Waals surface area contributed by atoms with Gasteiger partial charge in [-0.1, -0.05) is 29.8 Å². The van der Waals surface area contributed by atoms with Gasteiger partial charge < -0.3 is 15.5 Å². The molecular weight excluding hydrogens is 339 g/mol. The molecule has 6 heteroatoms. The Morgan fingerprint density at radius 3 is 2.36 bits per heavy atom. The van der Waals surface area contributed by atoms with Crippen molar-refractivity contribution in [3.63, 3.8) is 0 Å². The maximum Gasteiger partial charge on any atom is 0.191 e. The van der Waals surface area contributed by atoms with Crippen LogP contribution in [0.25, 0.3) is 0 Å². The second-order valence-electron chi connectivity index (χ2n) is 6.07. The molecule has 134 valence electrons. The highest BCUT2D eigenvalue weighted by Gasteiger charge is 2.06. The van der Waals surface area contributed by atoms with E-state index in [9.17, 15) is 4.39 Å². The average Bonchev–Trinajstić information content (AvgIpc) is 2.57. The van der Waals surface area contributed by atoms with Crippen LogP contribution in [-0.2, 0) is 19.6 Å². The van der Waals surface area contributed by atoms with Gasteiger partial charge in [-0.25, -0.2) is 4.39 Å². The molecule has 2 aromatic carbocycles. The average molecular weight is 363 g/mol. The Morgan fingerprint density at radius 2 is 1.76 bits per heavy atom. The maximum atomic E-state index is 13.8. The van der Waals surface area contributed by atoms with E-state index in [-0.39, 0.29) is 5.82 Å². The summed E-state index contributed by atoms with van der Waals surface area (Å²) in [6.45, 7) is 1.76. The molecule has 25 heavy (non-hydrogen) atoms. The number of guanidine groups is 1. The summed E-state index contributed by atoms with van der Waals surface area (Å²) in [5, 5.41) is 7.19. The van der Waals surface area contributed by atoms with Crippen molar-refractivity contribution in [2.24, 2.45) is 4.99 Å². The van der Waals surface area contributed by atoms with E-state index in [0.29, 0.717) is 36.2 Å². The number of nitrogens with one attached hydrogen (secondary N) is 2. The molecule has 0 fully saturated rings. The highest BCUT2D eigenvalue weighted by molar-refractivity contribution is 6.30. The predicted molar refractivity (Wildman–Crippen MR) is 102 cm³/mol. The number of rotatable bonds is 6. The van der Waals surface area contributed by atoms with Gasteiger partial charge in [-0.05, 0) is 49.5 Å². The van der Waals surface area contributed by atoms with Gasteiger partial charge in [-0.3, -0.25) is 4.99 Å². The lowest BCUT2D eigenvalue weighted by atomic mass is 10.1. The molecule has 0 spiro atoms. The van der Waals surface area contributed by atoms with Crippen LogP contribution >= 0.6 is 11.6 Å². The fourth-order valence-corrected chi connectivity index (χ4v) is 2.65. The zero-order valence-electron chi connectivity index (χ0n) is 14.8. The van der Waals surface area contributed by atoms with Gasteiger partial charge in [0.2, 0.25) is 0 Å². The van der Waals surface area contributed by atoms with Crippen LogP contribution in [0.1, 0.15) is 16.7 Å². The fourth-order valence-electron chi connectivity index (χ4n) is 2.44. The Kier molecular flexibility index (Phi) is 7.22. The van der Waals surface area contributed by atoms with Crippen molar-refractivity contribution < 1.29 is 4.39 Å². The first kappa shape index (κ1) is 19.2. The van der Waals surface area contributed by atoms with E-state index in [1.807, 2.05) is 49.3 Å². The minimum Gasteiger partial charge on any atom is -0.352 e. The van der Waals surface area contributed by atoms with Gasteiger partial charge in [-0.15, -0.1) is 0 Å². The molecule has 0 saturated heterocycles. The molecule has 0 amide bonds. The Morgan fingerprint density at radius 1 is 1.08 bits per heavy atom. The molecule has 0 heterocycles. The first-order valence-electron chi connectivity index (χ1n) is 8.09. The van der Waals surface area contributed by atoms with Crippen molar-refractivity contribution >= 4 is 17.6 Å². The van der Waals surface area contributed by atoms with E-state index in [1.54, 1.807) is 13.1 Å². The van der Waals surface area contributed by atoms with Crippen LogP contribution in [0.5, 0.6) is 0 Å². The van der Waals surface area contributed by atoms with Gasteiger partial charge >= 0.3 is 0 Å². The molecule has 2 aromatic rings. The van der Waals surface area contributed by atoms with Crippen LogP contribution < -0.4 is 10.6 Å². The quantitative estimate of drug-likeness (QED) is 0.611. The Labute approximate surface area is 153 Å². The largest absolute Gasteiger partial charge is 0.352 e. The maximum absolute atomic E-state index is 13.8. The first-order chi connectivity index (χ1) is 12.0. The van der Waals surface area contributed by atoms with Gasteiger partial charge in [-0.2, -0.15) is 0 Å². The standard InChI is InChI=1S/C19H24ClFN4/c1-22-19(23-11-14-5-4-6-17(20)10-14)24-12-15-7-8-18(21)16(9-15)13-25(2)3/h4-10H,11-13H2,1-3H3,(H2,22,23,24). The van der Waals surface area contributed by atoms with Gasteiger partial charge in [0.1, 0.15) is 5.82 Å². The lowest BCUT2D eigenvalue weighted by molar-refractivity contribution is 0.392. The zero-order chi connectivity index (χ0) is 18.2. The number of nitrogens with zero attached hydrogens (tertiary/aromatic N) is 2. The van der Waals surface area contributed by atoms with E-state index in [1.165, 1.54) is 6.07 Å². The summed E-state index contributed by atoms with van der Waals surface area (Å²) in [5.74, 6) is 0.499. The van der Waals surface area contributed by atoms with E-state index < -0.39 is 0 Å². The van der Waals surface area contributed by atoms with Gasteiger partial charge in [0.05, 0.1) is 0 Å². The molecule has 0 aliphatic carbocycles. The summed E-state index contributed by atoms with van der Waals surface area (Å²) in [5.41, 5.74) is 2.76. The molecule has 4 nitrogen and oxygen atoms in total. The molecule has 2 N–H and O–H groups in total. The third kappa shape index (κ3) is 6.36. The third-order valence-electron chi connectivity index (χ3n) is 3.63. The topological polar surface area (TPSA) is 39.7 Å². The highest BCUT2D eigenvalue weighted by atomic mass is 35.5. The molecule has 0 atom stereocenters. The molecule has 2 rings (SSSR count). The third-order valence-corrected chi connectivity index (χ3v) is 3.86. The van der Waals surface area contributed by atoms with Crippen molar-refractivity contribution in [1.82, 2.24) is 15.5 Å². The van der Waals surface area contributed by atoms with Gasteiger partial charge in [0.15, 0.2) is 5.96 Å². The molecular formula is C19H24ClFN4. The summed E-state index contributed by atoms with van der Waals surface area (Å²) >= 11 is 5.99.